The van der Waals surface area contributed by atoms with Crippen molar-refractivity contribution in [1.82, 2.24) is 0 Å². The van der Waals surface area contributed by atoms with Gasteiger partial charge in [0, 0.05) is 6.42 Å². The van der Waals surface area contributed by atoms with E-state index in [2.05, 4.69) is 47.4 Å². The monoisotopic (exact) mass is 362 g/mol. The Bertz CT molecular complexity index is 672. The Balaban J connectivity index is 2.35. The Hall–Kier alpha value is -2.04. The molecule has 0 spiro atoms. The summed E-state index contributed by atoms with van der Waals surface area (Å²) >= 11 is 0. The van der Waals surface area contributed by atoms with Crippen molar-refractivity contribution in [1.29, 1.82) is 0 Å². The van der Waals surface area contributed by atoms with Gasteiger partial charge in [0.25, 0.3) is 0 Å². The lowest BCUT2D eigenvalue weighted by atomic mass is 9.99. The molecule has 7 heteroatoms. The van der Waals surface area contributed by atoms with Gasteiger partial charge in [-0.3, -0.25) is 0 Å². The summed E-state index contributed by atoms with van der Waals surface area (Å²) in [7, 11) is 0. The third-order valence-corrected chi connectivity index (χ3v) is 3.42. The maximum Gasteiger partial charge on any atom is 0.189 e. The molecule has 6 atom stereocenters. The molecule has 1 aliphatic heterocycles. The van der Waals surface area contributed by atoms with E-state index in [1.807, 2.05) is 0 Å². The van der Waals surface area contributed by atoms with Gasteiger partial charge in [-0.05, 0) is 55.3 Å². The van der Waals surface area contributed by atoms with Crippen molar-refractivity contribution in [2.75, 3.05) is 6.61 Å². The average Bonchev–Trinajstić information content (AvgIpc) is 2.63. The molecular weight excluding hydrogens is 340 g/mol. The predicted molar refractivity (Wildman–Crippen MR) is 91.5 cm³/mol. The van der Waals surface area contributed by atoms with Crippen LogP contribution in [0.1, 0.15) is 26.2 Å². The van der Waals surface area contributed by atoms with Crippen LogP contribution in [0.2, 0.25) is 0 Å². The minimum absolute atomic E-state index is 0.211. The van der Waals surface area contributed by atoms with Crippen molar-refractivity contribution in [3.05, 3.63) is 0 Å². The van der Waals surface area contributed by atoms with Crippen LogP contribution in [-0.2, 0) is 9.47 Å². The van der Waals surface area contributed by atoms with E-state index >= 15 is 0 Å². The minimum Gasteiger partial charge on any atom is -0.394 e. The van der Waals surface area contributed by atoms with Gasteiger partial charge in [0.1, 0.15) is 24.4 Å². The topological polar surface area (TPSA) is 120 Å². The predicted octanol–water partition coefficient (Wildman–Crippen LogP) is -1.67. The molecule has 0 amide bonds. The second-order valence-corrected chi connectivity index (χ2v) is 5.36. The zero-order valence-corrected chi connectivity index (χ0v) is 14.3. The number of hydrogen-bond acceptors (Lipinski definition) is 7. The van der Waals surface area contributed by atoms with Gasteiger partial charge in [-0.15, -0.1) is 0 Å². The summed E-state index contributed by atoms with van der Waals surface area (Å²) in [4.78, 5) is 0. The van der Waals surface area contributed by atoms with Crippen LogP contribution in [0.3, 0.4) is 0 Å². The van der Waals surface area contributed by atoms with Gasteiger partial charge >= 0.3 is 0 Å². The number of aliphatic hydroxyl groups excluding tert-OH is 5. The lowest BCUT2D eigenvalue weighted by Gasteiger charge is -2.40. The largest absolute Gasteiger partial charge is 0.394 e. The number of rotatable bonds is 6. The van der Waals surface area contributed by atoms with E-state index < -0.39 is 43.6 Å². The second-order valence-electron chi connectivity index (χ2n) is 5.36. The Labute approximate surface area is 152 Å². The fourth-order valence-corrected chi connectivity index (χ4v) is 2.06. The molecule has 0 aromatic carbocycles. The van der Waals surface area contributed by atoms with Gasteiger partial charge in [-0.2, -0.15) is 0 Å². The SMILES string of the molecule is CC#CC#CC#CC#CCCCC(O)OC1O[C@H](CO)[C@@H](O)[C@H](O)[C@H]1O. The van der Waals surface area contributed by atoms with Gasteiger partial charge in [-0.25, -0.2) is 0 Å². The van der Waals surface area contributed by atoms with E-state index in [1.54, 1.807) is 6.92 Å². The molecule has 1 fully saturated rings. The fourth-order valence-electron chi connectivity index (χ4n) is 2.06. The van der Waals surface area contributed by atoms with E-state index in [9.17, 15) is 20.4 Å². The van der Waals surface area contributed by atoms with Crippen LogP contribution >= 0.6 is 0 Å². The highest BCUT2D eigenvalue weighted by molar-refractivity contribution is 5.39. The van der Waals surface area contributed by atoms with E-state index in [0.29, 0.717) is 12.8 Å². The molecule has 0 aromatic heterocycles. The van der Waals surface area contributed by atoms with Crippen LogP contribution in [0, 0.1) is 47.4 Å². The number of unbranched alkanes of at least 4 members (excludes halogenated alkanes) is 1. The summed E-state index contributed by atoms with van der Waals surface area (Å²) in [5, 5.41) is 48.0. The maximum atomic E-state index is 9.83. The first-order valence-corrected chi connectivity index (χ1v) is 8.05. The Morgan fingerprint density at radius 2 is 1.62 bits per heavy atom. The molecule has 2 unspecified atom stereocenters. The van der Waals surface area contributed by atoms with Crippen molar-refractivity contribution in [3.8, 4) is 47.4 Å². The second kappa shape index (κ2) is 12.3. The van der Waals surface area contributed by atoms with E-state index in [-0.39, 0.29) is 6.42 Å². The van der Waals surface area contributed by atoms with Crippen molar-refractivity contribution < 1.29 is 35.0 Å². The number of hydrogen-bond donors (Lipinski definition) is 5. The Morgan fingerprint density at radius 1 is 0.962 bits per heavy atom. The van der Waals surface area contributed by atoms with E-state index in [1.165, 1.54) is 0 Å². The van der Waals surface area contributed by atoms with Crippen molar-refractivity contribution in [2.24, 2.45) is 0 Å². The summed E-state index contributed by atoms with van der Waals surface area (Å²) in [6, 6.07) is 0. The summed E-state index contributed by atoms with van der Waals surface area (Å²) in [5.74, 6) is 20.7. The van der Waals surface area contributed by atoms with Crippen molar-refractivity contribution in [2.45, 2.75) is 63.2 Å². The molecule has 0 radical (unpaired) electrons. The standard InChI is InChI=1S/C19H22O7/c1-2-3-4-5-6-7-8-9-10-11-12-15(21)26-19-18(24)17(23)16(22)14(13-20)25-19/h14-24H,10-13H2,1H3/t14-,15?,16-,17+,18-,19?/m1/s1. The fraction of sp³-hybridized carbons (Fsp3) is 0.579. The van der Waals surface area contributed by atoms with E-state index in [4.69, 9.17) is 14.6 Å². The molecule has 140 valence electrons. The molecule has 1 aliphatic rings. The third kappa shape index (κ3) is 7.46. The quantitative estimate of drug-likeness (QED) is 0.218. The number of aliphatic hydroxyl groups is 5. The minimum atomic E-state index is -1.55. The zero-order chi connectivity index (χ0) is 19.4. The maximum absolute atomic E-state index is 9.83. The smallest absolute Gasteiger partial charge is 0.189 e. The van der Waals surface area contributed by atoms with Gasteiger partial charge < -0.3 is 35.0 Å². The van der Waals surface area contributed by atoms with Gasteiger partial charge in [-0.1, -0.05) is 11.8 Å². The average molecular weight is 362 g/mol. The molecular formula is C19H22O7. The van der Waals surface area contributed by atoms with E-state index in [0.717, 1.165) is 0 Å². The highest BCUT2D eigenvalue weighted by Crippen LogP contribution is 2.23. The molecule has 5 N–H and O–H groups in total. The van der Waals surface area contributed by atoms with Gasteiger partial charge in [0.2, 0.25) is 0 Å². The zero-order valence-electron chi connectivity index (χ0n) is 14.3. The van der Waals surface area contributed by atoms with Crippen molar-refractivity contribution >= 4 is 0 Å². The molecule has 0 saturated carbocycles. The summed E-state index contributed by atoms with van der Waals surface area (Å²) in [6.45, 7) is 1.12. The van der Waals surface area contributed by atoms with Crippen LogP contribution in [-0.4, -0.2) is 69.1 Å². The molecule has 1 heterocycles. The summed E-state index contributed by atoms with van der Waals surface area (Å²) in [5.41, 5.74) is 0. The molecule has 26 heavy (non-hydrogen) atoms. The van der Waals surface area contributed by atoms with Crippen molar-refractivity contribution in [3.63, 3.8) is 0 Å². The first-order valence-electron chi connectivity index (χ1n) is 8.05. The lowest BCUT2D eigenvalue weighted by Crippen LogP contribution is -2.59. The van der Waals surface area contributed by atoms with Gasteiger partial charge in [0.05, 0.1) is 6.61 Å². The Kier molecular flexibility index (Phi) is 10.4. The first kappa shape index (κ1) is 22.0. The molecule has 0 aliphatic carbocycles. The molecule has 1 saturated heterocycles. The third-order valence-electron chi connectivity index (χ3n) is 3.42. The number of ether oxygens (including phenoxy) is 2. The lowest BCUT2D eigenvalue weighted by molar-refractivity contribution is -0.332. The highest BCUT2D eigenvalue weighted by atomic mass is 16.7. The molecule has 7 nitrogen and oxygen atoms in total. The molecule has 0 aromatic rings. The normalized spacial score (nSPS) is 28.0. The van der Waals surface area contributed by atoms with Crippen LogP contribution in [0.25, 0.3) is 0 Å². The molecule has 1 rings (SSSR count). The van der Waals surface area contributed by atoms with Crippen LogP contribution < -0.4 is 0 Å². The van der Waals surface area contributed by atoms with Gasteiger partial charge in [0.15, 0.2) is 12.6 Å². The Morgan fingerprint density at radius 3 is 2.27 bits per heavy atom. The highest BCUT2D eigenvalue weighted by Gasteiger charge is 2.44. The molecule has 0 bridgehead atoms. The van der Waals surface area contributed by atoms with Crippen LogP contribution in [0.15, 0.2) is 0 Å². The van der Waals surface area contributed by atoms with Crippen LogP contribution in [0.4, 0.5) is 0 Å². The first-order chi connectivity index (χ1) is 12.5. The summed E-state index contributed by atoms with van der Waals surface area (Å²) in [6.07, 6.45) is -7.09. The van der Waals surface area contributed by atoms with Crippen LogP contribution in [0.5, 0.6) is 0 Å². The summed E-state index contributed by atoms with van der Waals surface area (Å²) < 4.78 is 10.3.